The van der Waals surface area contributed by atoms with Crippen molar-refractivity contribution < 1.29 is 4.39 Å². The normalized spacial score (nSPS) is 10.2. The van der Waals surface area contributed by atoms with Gasteiger partial charge < -0.3 is 0 Å². The van der Waals surface area contributed by atoms with Gasteiger partial charge in [0.05, 0.1) is 28.6 Å². The van der Waals surface area contributed by atoms with Crippen molar-refractivity contribution in [1.29, 1.82) is 10.5 Å². The topological polar surface area (TPSA) is 73.4 Å². The molecule has 5 heteroatoms. The highest BCUT2D eigenvalue weighted by Gasteiger charge is 2.20. The fraction of sp³-hybridized carbons (Fsp3) is 0. The molecule has 0 bridgehead atoms. The number of halogens is 1. The quantitative estimate of drug-likeness (QED) is 0.482. The number of nitriles is 2. The summed E-state index contributed by atoms with van der Waals surface area (Å²) in [6, 6.07) is 27.1. The van der Waals surface area contributed by atoms with Crippen LogP contribution in [-0.2, 0) is 0 Å². The van der Waals surface area contributed by atoms with Crippen LogP contribution in [-0.4, -0.2) is 9.97 Å². The minimum Gasteiger partial charge on any atom is -0.228 e. The zero-order valence-corrected chi connectivity index (χ0v) is 15.2. The minimum absolute atomic E-state index is 0.102. The SMILES string of the molecule is N#Cc1ccc(F)c(C#N)c1-c1nc(-c2ccccc2)cc(-c2ccccc2)n1. The van der Waals surface area contributed by atoms with Crippen molar-refractivity contribution in [3.8, 4) is 46.0 Å². The van der Waals surface area contributed by atoms with E-state index >= 15 is 0 Å². The maximum absolute atomic E-state index is 14.3. The maximum Gasteiger partial charge on any atom is 0.163 e. The smallest absolute Gasteiger partial charge is 0.163 e. The van der Waals surface area contributed by atoms with Gasteiger partial charge in [0.25, 0.3) is 0 Å². The summed E-state index contributed by atoms with van der Waals surface area (Å²) in [4.78, 5) is 9.16. The van der Waals surface area contributed by atoms with Crippen LogP contribution in [0, 0.1) is 28.5 Å². The Morgan fingerprint density at radius 3 is 1.72 bits per heavy atom. The zero-order chi connectivity index (χ0) is 20.2. The third-order valence-corrected chi connectivity index (χ3v) is 4.48. The molecule has 0 amide bonds. The lowest BCUT2D eigenvalue weighted by molar-refractivity contribution is 0.624. The Labute approximate surface area is 167 Å². The molecule has 0 N–H and O–H groups in total. The lowest BCUT2D eigenvalue weighted by Crippen LogP contribution is -2.01. The summed E-state index contributed by atoms with van der Waals surface area (Å²) >= 11 is 0. The predicted octanol–water partition coefficient (Wildman–Crippen LogP) is 5.36. The molecule has 0 unspecified atom stereocenters. The molecule has 0 aliphatic heterocycles. The second-order valence-electron chi connectivity index (χ2n) is 6.26. The minimum atomic E-state index is -0.712. The van der Waals surface area contributed by atoms with Gasteiger partial charge in [-0.05, 0) is 18.2 Å². The molecule has 0 fully saturated rings. The van der Waals surface area contributed by atoms with E-state index in [2.05, 4.69) is 9.97 Å². The Kier molecular flexibility index (Phi) is 4.80. The van der Waals surface area contributed by atoms with Gasteiger partial charge in [-0.25, -0.2) is 14.4 Å². The van der Waals surface area contributed by atoms with E-state index < -0.39 is 5.82 Å². The Hall–Kier alpha value is -4.35. The van der Waals surface area contributed by atoms with Crippen LogP contribution in [0.4, 0.5) is 4.39 Å². The van der Waals surface area contributed by atoms with Crippen LogP contribution in [0.1, 0.15) is 11.1 Å². The Bertz CT molecular complexity index is 1210. The van der Waals surface area contributed by atoms with E-state index in [0.717, 1.165) is 17.2 Å². The van der Waals surface area contributed by atoms with E-state index in [1.54, 1.807) is 0 Å². The molecule has 4 nitrogen and oxygen atoms in total. The fourth-order valence-electron chi connectivity index (χ4n) is 3.08. The van der Waals surface area contributed by atoms with Gasteiger partial charge in [0.1, 0.15) is 17.4 Å². The van der Waals surface area contributed by atoms with E-state index in [1.807, 2.05) is 78.9 Å². The van der Waals surface area contributed by atoms with Crippen LogP contribution in [0.3, 0.4) is 0 Å². The van der Waals surface area contributed by atoms with Gasteiger partial charge in [-0.1, -0.05) is 60.7 Å². The van der Waals surface area contributed by atoms with Crippen LogP contribution >= 0.6 is 0 Å². The molecule has 0 spiro atoms. The summed E-state index contributed by atoms with van der Waals surface area (Å²) < 4.78 is 14.3. The highest BCUT2D eigenvalue weighted by atomic mass is 19.1. The molecule has 1 aromatic heterocycles. The summed E-state index contributed by atoms with van der Waals surface area (Å²) in [5.74, 6) is -0.575. The predicted molar refractivity (Wildman–Crippen MR) is 108 cm³/mol. The largest absolute Gasteiger partial charge is 0.228 e. The summed E-state index contributed by atoms with van der Waals surface area (Å²) in [5.41, 5.74) is 2.94. The molecule has 136 valence electrons. The summed E-state index contributed by atoms with van der Waals surface area (Å²) in [6.45, 7) is 0. The van der Waals surface area contributed by atoms with E-state index in [-0.39, 0.29) is 22.5 Å². The highest BCUT2D eigenvalue weighted by molar-refractivity contribution is 5.77. The van der Waals surface area contributed by atoms with Crippen LogP contribution < -0.4 is 0 Å². The molecular formula is C24H13FN4. The van der Waals surface area contributed by atoms with Gasteiger partial charge >= 0.3 is 0 Å². The second kappa shape index (κ2) is 7.72. The highest BCUT2D eigenvalue weighted by Crippen LogP contribution is 2.31. The Morgan fingerprint density at radius 2 is 1.24 bits per heavy atom. The Balaban J connectivity index is 2.04. The van der Waals surface area contributed by atoms with Crippen molar-refractivity contribution in [2.75, 3.05) is 0 Å². The number of hydrogen-bond acceptors (Lipinski definition) is 4. The number of aromatic nitrogens is 2. The number of benzene rings is 3. The fourth-order valence-corrected chi connectivity index (χ4v) is 3.08. The third-order valence-electron chi connectivity index (χ3n) is 4.48. The third kappa shape index (κ3) is 3.45. The monoisotopic (exact) mass is 376 g/mol. The van der Waals surface area contributed by atoms with Crippen LogP contribution in [0.15, 0.2) is 78.9 Å². The average molecular weight is 376 g/mol. The van der Waals surface area contributed by atoms with E-state index in [4.69, 9.17) is 0 Å². The molecule has 1 heterocycles. The number of hydrogen-bond donors (Lipinski definition) is 0. The molecule has 0 atom stereocenters. The van der Waals surface area contributed by atoms with Crippen molar-refractivity contribution in [2.45, 2.75) is 0 Å². The number of nitrogens with zero attached hydrogens (tertiary/aromatic N) is 4. The summed E-state index contributed by atoms with van der Waals surface area (Å²) in [5, 5.41) is 19.0. The van der Waals surface area contributed by atoms with Crippen LogP contribution in [0.5, 0.6) is 0 Å². The van der Waals surface area contributed by atoms with Crippen molar-refractivity contribution in [1.82, 2.24) is 9.97 Å². The Morgan fingerprint density at radius 1 is 0.690 bits per heavy atom. The van der Waals surface area contributed by atoms with Crippen molar-refractivity contribution in [3.63, 3.8) is 0 Å². The van der Waals surface area contributed by atoms with Gasteiger partial charge in [-0.2, -0.15) is 10.5 Å². The van der Waals surface area contributed by atoms with Crippen LogP contribution in [0.2, 0.25) is 0 Å². The zero-order valence-electron chi connectivity index (χ0n) is 15.2. The van der Waals surface area contributed by atoms with Crippen LogP contribution in [0.25, 0.3) is 33.9 Å². The summed E-state index contributed by atoms with van der Waals surface area (Å²) in [7, 11) is 0. The molecule has 4 rings (SSSR count). The van der Waals surface area contributed by atoms with Crippen molar-refractivity contribution in [2.24, 2.45) is 0 Å². The van der Waals surface area contributed by atoms with Gasteiger partial charge in [0.2, 0.25) is 0 Å². The first-order valence-electron chi connectivity index (χ1n) is 8.84. The molecular weight excluding hydrogens is 363 g/mol. The molecule has 3 aromatic carbocycles. The van der Waals surface area contributed by atoms with E-state index in [0.29, 0.717) is 11.4 Å². The maximum atomic E-state index is 14.3. The molecule has 0 radical (unpaired) electrons. The van der Waals surface area contributed by atoms with E-state index in [1.165, 1.54) is 6.07 Å². The van der Waals surface area contributed by atoms with Gasteiger partial charge in [-0.3, -0.25) is 0 Å². The average Bonchev–Trinajstić information content (AvgIpc) is 2.79. The second-order valence-corrected chi connectivity index (χ2v) is 6.26. The standard InChI is InChI=1S/C24H13FN4/c25-20-12-11-18(14-26)23(19(20)15-27)24-28-21(16-7-3-1-4-8-16)13-22(29-24)17-9-5-2-6-10-17/h1-13H. The molecule has 0 aliphatic rings. The van der Waals surface area contributed by atoms with E-state index in [9.17, 15) is 14.9 Å². The molecule has 29 heavy (non-hydrogen) atoms. The molecule has 0 aliphatic carbocycles. The first-order valence-corrected chi connectivity index (χ1v) is 8.84. The molecule has 4 aromatic rings. The molecule has 0 saturated carbocycles. The first-order chi connectivity index (χ1) is 14.2. The van der Waals surface area contributed by atoms with Crippen molar-refractivity contribution >= 4 is 0 Å². The lowest BCUT2D eigenvalue weighted by Gasteiger charge is -2.11. The number of rotatable bonds is 3. The summed E-state index contributed by atoms with van der Waals surface area (Å²) in [6.07, 6.45) is 0. The van der Waals surface area contributed by atoms with Crippen molar-refractivity contribution in [3.05, 3.63) is 95.8 Å². The molecule has 0 saturated heterocycles. The van der Waals surface area contributed by atoms with Gasteiger partial charge in [-0.15, -0.1) is 0 Å². The van der Waals surface area contributed by atoms with Gasteiger partial charge in [0, 0.05) is 11.1 Å². The lowest BCUT2D eigenvalue weighted by atomic mass is 10.00. The first kappa shape index (κ1) is 18.0. The van der Waals surface area contributed by atoms with Gasteiger partial charge in [0.15, 0.2) is 5.82 Å².